The van der Waals surface area contributed by atoms with E-state index in [0.29, 0.717) is 18.6 Å². The van der Waals surface area contributed by atoms with Gasteiger partial charge in [-0.05, 0) is 31.5 Å². The Morgan fingerprint density at radius 2 is 2.00 bits per heavy atom. The molecule has 2 atom stereocenters. The number of halogens is 3. The summed E-state index contributed by atoms with van der Waals surface area (Å²) >= 11 is 0. The molecule has 0 amide bonds. The van der Waals surface area contributed by atoms with Crippen molar-refractivity contribution in [2.75, 3.05) is 13.1 Å². The summed E-state index contributed by atoms with van der Waals surface area (Å²) < 4.78 is 25.9. The maximum atomic E-state index is 13.1. The van der Waals surface area contributed by atoms with Crippen molar-refractivity contribution in [3.8, 4) is 0 Å². The molecule has 1 aliphatic heterocycles. The fraction of sp³-hybridized carbons (Fsp3) is 0.538. The fourth-order valence-electron chi connectivity index (χ4n) is 2.19. The second-order valence-electron chi connectivity index (χ2n) is 4.84. The number of hydrogen-bond acceptors (Lipinski definition) is 2. The van der Waals surface area contributed by atoms with E-state index in [0.717, 1.165) is 18.7 Å². The lowest BCUT2D eigenvalue weighted by atomic mass is 10.1. The Morgan fingerprint density at radius 1 is 1.28 bits per heavy atom. The molecule has 1 fully saturated rings. The number of hydrogen-bond donors (Lipinski definition) is 1. The third kappa shape index (κ3) is 3.64. The molecule has 1 aliphatic rings. The summed E-state index contributed by atoms with van der Waals surface area (Å²) in [6.45, 7) is 6.80. The van der Waals surface area contributed by atoms with E-state index < -0.39 is 11.6 Å². The number of benzene rings is 1. The van der Waals surface area contributed by atoms with E-state index in [2.05, 4.69) is 24.1 Å². The highest BCUT2D eigenvalue weighted by Gasteiger charge is 2.22. The first-order chi connectivity index (χ1) is 8.06. The van der Waals surface area contributed by atoms with Crippen molar-refractivity contribution < 1.29 is 8.78 Å². The quantitative estimate of drug-likeness (QED) is 0.893. The predicted molar refractivity (Wildman–Crippen MR) is 70.9 cm³/mol. The molecule has 18 heavy (non-hydrogen) atoms. The van der Waals surface area contributed by atoms with Crippen molar-refractivity contribution in [3.63, 3.8) is 0 Å². The van der Waals surface area contributed by atoms with E-state index in [1.54, 1.807) is 6.07 Å². The Hall–Kier alpha value is -0.710. The molecule has 0 saturated carbocycles. The van der Waals surface area contributed by atoms with E-state index in [-0.39, 0.29) is 12.4 Å². The number of nitrogens with zero attached hydrogens (tertiary/aromatic N) is 1. The van der Waals surface area contributed by atoms with Gasteiger partial charge in [0.05, 0.1) is 0 Å². The Balaban J connectivity index is 0.00000162. The van der Waals surface area contributed by atoms with Crippen LogP contribution >= 0.6 is 12.4 Å². The van der Waals surface area contributed by atoms with Crippen LogP contribution in [0.25, 0.3) is 0 Å². The lowest BCUT2D eigenvalue weighted by Crippen LogP contribution is -2.53. The molecule has 1 aromatic carbocycles. The maximum absolute atomic E-state index is 13.1. The minimum Gasteiger partial charge on any atom is -0.311 e. The largest absolute Gasteiger partial charge is 0.311 e. The van der Waals surface area contributed by atoms with Gasteiger partial charge in [-0.1, -0.05) is 6.07 Å². The van der Waals surface area contributed by atoms with Crippen LogP contribution in [-0.4, -0.2) is 30.1 Å². The molecule has 0 bridgehead atoms. The minimum atomic E-state index is -0.782. The van der Waals surface area contributed by atoms with Gasteiger partial charge in [-0.3, -0.25) is 4.90 Å². The van der Waals surface area contributed by atoms with Crippen LogP contribution in [-0.2, 0) is 6.54 Å². The van der Waals surface area contributed by atoms with Crippen molar-refractivity contribution in [2.24, 2.45) is 0 Å². The Bertz CT molecular complexity index is 401. The van der Waals surface area contributed by atoms with E-state index in [1.807, 2.05) is 0 Å². The molecule has 1 N–H and O–H groups in total. The van der Waals surface area contributed by atoms with Crippen LogP contribution in [0, 0.1) is 11.6 Å². The Labute approximate surface area is 113 Å². The van der Waals surface area contributed by atoms with Gasteiger partial charge in [0.15, 0.2) is 11.6 Å². The highest BCUT2D eigenvalue weighted by Crippen LogP contribution is 2.14. The van der Waals surface area contributed by atoms with Crippen molar-refractivity contribution in [2.45, 2.75) is 32.5 Å². The summed E-state index contributed by atoms with van der Waals surface area (Å²) in [4.78, 5) is 2.29. The van der Waals surface area contributed by atoms with Crippen LogP contribution in [0.3, 0.4) is 0 Å². The summed E-state index contributed by atoms with van der Waals surface area (Å²) in [5.41, 5.74) is 0.824. The SMILES string of the molecule is CC1CN(Cc2ccc(F)c(F)c2)C(C)CN1.Cl. The van der Waals surface area contributed by atoms with Crippen LogP contribution in [0.15, 0.2) is 18.2 Å². The average Bonchev–Trinajstić information content (AvgIpc) is 2.29. The molecule has 0 radical (unpaired) electrons. The van der Waals surface area contributed by atoms with Crippen LogP contribution in [0.1, 0.15) is 19.4 Å². The maximum Gasteiger partial charge on any atom is 0.159 e. The molecule has 1 saturated heterocycles. The van der Waals surface area contributed by atoms with E-state index in [4.69, 9.17) is 0 Å². The van der Waals surface area contributed by atoms with Crippen LogP contribution in [0.5, 0.6) is 0 Å². The standard InChI is InChI=1S/C13H18F2N2.ClH/c1-9-7-17(10(2)6-16-9)8-11-3-4-12(14)13(15)5-11;/h3-5,9-10,16H,6-8H2,1-2H3;1H. The molecule has 1 aromatic rings. The first-order valence-corrected chi connectivity index (χ1v) is 5.97. The van der Waals surface area contributed by atoms with Gasteiger partial charge in [-0.15, -0.1) is 12.4 Å². The number of nitrogens with one attached hydrogen (secondary N) is 1. The zero-order valence-corrected chi connectivity index (χ0v) is 11.4. The molecule has 0 spiro atoms. The highest BCUT2D eigenvalue weighted by molar-refractivity contribution is 5.85. The molecule has 2 unspecified atom stereocenters. The zero-order valence-electron chi connectivity index (χ0n) is 10.6. The van der Waals surface area contributed by atoms with Crippen molar-refractivity contribution in [1.82, 2.24) is 10.2 Å². The third-order valence-corrected chi connectivity index (χ3v) is 3.26. The van der Waals surface area contributed by atoms with Gasteiger partial charge in [-0.2, -0.15) is 0 Å². The van der Waals surface area contributed by atoms with Crippen molar-refractivity contribution in [1.29, 1.82) is 0 Å². The lowest BCUT2D eigenvalue weighted by Gasteiger charge is -2.37. The minimum absolute atomic E-state index is 0. The van der Waals surface area contributed by atoms with Gasteiger partial charge in [0.2, 0.25) is 0 Å². The molecular weight excluding hydrogens is 258 g/mol. The fourth-order valence-corrected chi connectivity index (χ4v) is 2.19. The summed E-state index contributed by atoms with van der Waals surface area (Å²) in [6, 6.07) is 4.99. The lowest BCUT2D eigenvalue weighted by molar-refractivity contribution is 0.138. The monoisotopic (exact) mass is 276 g/mol. The molecule has 5 heteroatoms. The van der Waals surface area contributed by atoms with Gasteiger partial charge in [-0.25, -0.2) is 8.78 Å². The first-order valence-electron chi connectivity index (χ1n) is 5.97. The molecule has 0 aliphatic carbocycles. The average molecular weight is 277 g/mol. The smallest absolute Gasteiger partial charge is 0.159 e. The number of rotatable bonds is 2. The van der Waals surface area contributed by atoms with Gasteiger partial charge in [0.1, 0.15) is 0 Å². The van der Waals surface area contributed by atoms with Crippen molar-refractivity contribution >= 4 is 12.4 Å². The summed E-state index contributed by atoms with van der Waals surface area (Å²) in [7, 11) is 0. The first kappa shape index (κ1) is 15.3. The van der Waals surface area contributed by atoms with Crippen LogP contribution < -0.4 is 5.32 Å². The third-order valence-electron chi connectivity index (χ3n) is 3.26. The normalized spacial score (nSPS) is 24.7. The molecular formula is C13H19ClF2N2. The molecule has 2 rings (SSSR count). The second-order valence-corrected chi connectivity index (χ2v) is 4.84. The molecule has 2 nitrogen and oxygen atoms in total. The molecule has 102 valence electrons. The van der Waals surface area contributed by atoms with Crippen molar-refractivity contribution in [3.05, 3.63) is 35.4 Å². The predicted octanol–water partition coefficient (Wildman–Crippen LogP) is 2.57. The summed E-state index contributed by atoms with van der Waals surface area (Å²) in [6.07, 6.45) is 0. The van der Waals surface area contributed by atoms with E-state index in [9.17, 15) is 8.78 Å². The molecule has 1 heterocycles. The highest BCUT2D eigenvalue weighted by atomic mass is 35.5. The van der Waals surface area contributed by atoms with Gasteiger partial charge in [0.25, 0.3) is 0 Å². The zero-order chi connectivity index (χ0) is 12.4. The van der Waals surface area contributed by atoms with Crippen LogP contribution in [0.4, 0.5) is 8.78 Å². The molecule has 0 aromatic heterocycles. The number of piperazine rings is 1. The van der Waals surface area contributed by atoms with Gasteiger partial charge >= 0.3 is 0 Å². The Morgan fingerprint density at radius 3 is 2.67 bits per heavy atom. The second kappa shape index (κ2) is 6.45. The summed E-state index contributed by atoms with van der Waals surface area (Å²) in [5.74, 6) is -1.55. The Kier molecular flexibility index (Phi) is 5.50. The van der Waals surface area contributed by atoms with Gasteiger partial charge in [0, 0.05) is 31.7 Å². The topological polar surface area (TPSA) is 15.3 Å². The van der Waals surface area contributed by atoms with Crippen LogP contribution in [0.2, 0.25) is 0 Å². The van der Waals surface area contributed by atoms with E-state index in [1.165, 1.54) is 12.1 Å². The van der Waals surface area contributed by atoms with E-state index >= 15 is 0 Å². The van der Waals surface area contributed by atoms with Gasteiger partial charge < -0.3 is 5.32 Å². The summed E-state index contributed by atoms with van der Waals surface area (Å²) in [5, 5.41) is 3.39.